The summed E-state index contributed by atoms with van der Waals surface area (Å²) >= 11 is 3.62. The Balaban J connectivity index is 2.15. The van der Waals surface area contributed by atoms with Gasteiger partial charge in [-0.3, -0.25) is 0 Å². The third-order valence-electron chi connectivity index (χ3n) is 2.97. The fourth-order valence-electron chi connectivity index (χ4n) is 2.05. The van der Waals surface area contributed by atoms with E-state index in [4.69, 9.17) is 0 Å². The van der Waals surface area contributed by atoms with Crippen LogP contribution in [0.4, 0.5) is 11.6 Å². The van der Waals surface area contributed by atoms with E-state index >= 15 is 0 Å². The zero-order chi connectivity index (χ0) is 12.1. The van der Waals surface area contributed by atoms with Crippen LogP contribution in [0.1, 0.15) is 32.6 Å². The van der Waals surface area contributed by atoms with Gasteiger partial charge in [-0.05, 0) is 41.6 Å². The van der Waals surface area contributed by atoms with E-state index in [9.17, 15) is 0 Å². The molecule has 0 aliphatic carbocycles. The Morgan fingerprint density at radius 2 is 2.06 bits per heavy atom. The lowest BCUT2D eigenvalue weighted by molar-refractivity contribution is 0.572. The van der Waals surface area contributed by atoms with Gasteiger partial charge in [0.2, 0.25) is 0 Å². The molecule has 0 unspecified atom stereocenters. The molecular formula is C12H19BrN4. The topological polar surface area (TPSA) is 41.1 Å². The molecule has 2 heterocycles. The van der Waals surface area contributed by atoms with Crippen LogP contribution in [0.25, 0.3) is 0 Å². The molecule has 4 nitrogen and oxygen atoms in total. The molecule has 1 aliphatic heterocycles. The van der Waals surface area contributed by atoms with E-state index in [0.29, 0.717) is 0 Å². The molecule has 1 fully saturated rings. The van der Waals surface area contributed by atoms with E-state index < -0.39 is 0 Å². The molecule has 0 aromatic carbocycles. The van der Waals surface area contributed by atoms with Gasteiger partial charge in [0.1, 0.15) is 22.4 Å². The van der Waals surface area contributed by atoms with Crippen molar-refractivity contribution in [2.45, 2.75) is 32.6 Å². The molecule has 5 heteroatoms. The van der Waals surface area contributed by atoms with Gasteiger partial charge in [-0.2, -0.15) is 0 Å². The van der Waals surface area contributed by atoms with Gasteiger partial charge in [0, 0.05) is 19.6 Å². The minimum Gasteiger partial charge on any atom is -0.369 e. The molecule has 0 bridgehead atoms. The Morgan fingerprint density at radius 1 is 1.29 bits per heavy atom. The van der Waals surface area contributed by atoms with E-state index in [2.05, 4.69) is 43.0 Å². The number of nitrogens with zero attached hydrogens (tertiary/aromatic N) is 3. The summed E-state index contributed by atoms with van der Waals surface area (Å²) in [4.78, 5) is 11.0. The summed E-state index contributed by atoms with van der Waals surface area (Å²) < 4.78 is 0.996. The Kier molecular flexibility index (Phi) is 4.59. The second kappa shape index (κ2) is 6.19. The van der Waals surface area contributed by atoms with Crippen molar-refractivity contribution in [1.82, 2.24) is 9.97 Å². The van der Waals surface area contributed by atoms with Crippen LogP contribution in [-0.4, -0.2) is 29.6 Å². The van der Waals surface area contributed by atoms with E-state index in [1.165, 1.54) is 19.3 Å². The summed E-state index contributed by atoms with van der Waals surface area (Å²) in [6, 6.07) is 0. The van der Waals surface area contributed by atoms with Crippen molar-refractivity contribution in [3.05, 3.63) is 10.8 Å². The summed E-state index contributed by atoms with van der Waals surface area (Å²) in [7, 11) is 0. The zero-order valence-corrected chi connectivity index (χ0v) is 11.8. The number of halogens is 1. The summed E-state index contributed by atoms with van der Waals surface area (Å²) in [5, 5.41) is 3.32. The first kappa shape index (κ1) is 12.6. The molecule has 0 saturated carbocycles. The molecule has 1 saturated heterocycles. The molecule has 0 atom stereocenters. The average molecular weight is 299 g/mol. The Labute approximate surface area is 111 Å². The largest absolute Gasteiger partial charge is 0.369 e. The minimum absolute atomic E-state index is 0.905. The van der Waals surface area contributed by atoms with E-state index in [1.807, 2.05) is 0 Å². The summed E-state index contributed by atoms with van der Waals surface area (Å²) in [6.45, 7) is 5.29. The maximum Gasteiger partial charge on any atom is 0.148 e. The highest BCUT2D eigenvalue weighted by Crippen LogP contribution is 2.30. The van der Waals surface area contributed by atoms with Gasteiger partial charge in [-0.15, -0.1) is 0 Å². The van der Waals surface area contributed by atoms with Gasteiger partial charge in [0.15, 0.2) is 0 Å². The van der Waals surface area contributed by atoms with E-state index in [0.717, 1.165) is 42.2 Å². The van der Waals surface area contributed by atoms with Crippen LogP contribution in [0.3, 0.4) is 0 Å². The number of rotatable bonds is 4. The number of hydrogen-bond donors (Lipinski definition) is 1. The Bertz CT molecular complexity index is 364. The first-order valence-electron chi connectivity index (χ1n) is 6.32. The number of anilines is 2. The van der Waals surface area contributed by atoms with Crippen molar-refractivity contribution < 1.29 is 0 Å². The lowest BCUT2D eigenvalue weighted by Crippen LogP contribution is -2.30. The van der Waals surface area contributed by atoms with Crippen molar-refractivity contribution in [3.8, 4) is 0 Å². The van der Waals surface area contributed by atoms with E-state index in [-0.39, 0.29) is 0 Å². The molecular weight excluding hydrogens is 280 g/mol. The molecule has 94 valence electrons. The van der Waals surface area contributed by atoms with Gasteiger partial charge in [0.05, 0.1) is 0 Å². The molecule has 1 aliphatic rings. The standard InChI is InChI=1S/C12H19BrN4/c1-2-6-14-11-10(13)12(16-9-15-11)17-7-4-3-5-8-17/h9H,2-8H2,1H3,(H,14,15,16). The lowest BCUT2D eigenvalue weighted by Gasteiger charge is -2.28. The third kappa shape index (κ3) is 3.09. The van der Waals surface area contributed by atoms with Crippen LogP contribution in [-0.2, 0) is 0 Å². The summed E-state index contributed by atoms with van der Waals surface area (Å²) in [6.07, 6.45) is 6.59. The van der Waals surface area contributed by atoms with Crippen molar-refractivity contribution in [2.24, 2.45) is 0 Å². The van der Waals surface area contributed by atoms with Crippen molar-refractivity contribution in [2.75, 3.05) is 29.9 Å². The van der Waals surface area contributed by atoms with E-state index in [1.54, 1.807) is 6.33 Å². The van der Waals surface area contributed by atoms with Crippen molar-refractivity contribution in [3.63, 3.8) is 0 Å². The monoisotopic (exact) mass is 298 g/mol. The van der Waals surface area contributed by atoms with Gasteiger partial charge >= 0.3 is 0 Å². The molecule has 1 aromatic rings. The molecule has 2 rings (SSSR count). The number of hydrogen-bond acceptors (Lipinski definition) is 4. The fraction of sp³-hybridized carbons (Fsp3) is 0.667. The van der Waals surface area contributed by atoms with Gasteiger partial charge < -0.3 is 10.2 Å². The highest BCUT2D eigenvalue weighted by Gasteiger charge is 2.17. The molecule has 1 N–H and O–H groups in total. The Morgan fingerprint density at radius 3 is 2.76 bits per heavy atom. The predicted octanol–water partition coefficient (Wildman–Crippen LogP) is 3.05. The smallest absolute Gasteiger partial charge is 0.148 e. The molecule has 0 radical (unpaired) electrons. The first-order chi connectivity index (χ1) is 8.33. The second-order valence-electron chi connectivity index (χ2n) is 4.33. The highest BCUT2D eigenvalue weighted by atomic mass is 79.9. The SMILES string of the molecule is CCCNc1ncnc(N2CCCCC2)c1Br. The molecule has 0 amide bonds. The quantitative estimate of drug-likeness (QED) is 0.927. The molecule has 1 aromatic heterocycles. The molecule has 17 heavy (non-hydrogen) atoms. The molecule has 0 spiro atoms. The van der Waals surface area contributed by atoms with Crippen LogP contribution < -0.4 is 10.2 Å². The van der Waals surface area contributed by atoms with Crippen LogP contribution in [0.5, 0.6) is 0 Å². The fourth-order valence-corrected chi connectivity index (χ4v) is 2.65. The highest BCUT2D eigenvalue weighted by molar-refractivity contribution is 9.10. The van der Waals surface area contributed by atoms with Gasteiger partial charge in [-0.1, -0.05) is 6.92 Å². The van der Waals surface area contributed by atoms with Crippen LogP contribution in [0.15, 0.2) is 10.8 Å². The van der Waals surface area contributed by atoms with Crippen LogP contribution >= 0.6 is 15.9 Å². The van der Waals surface area contributed by atoms with Gasteiger partial charge in [0.25, 0.3) is 0 Å². The third-order valence-corrected chi connectivity index (χ3v) is 3.70. The number of nitrogens with one attached hydrogen (secondary N) is 1. The predicted molar refractivity (Wildman–Crippen MR) is 74.6 cm³/mol. The second-order valence-corrected chi connectivity index (χ2v) is 5.13. The maximum atomic E-state index is 4.40. The van der Waals surface area contributed by atoms with Crippen LogP contribution in [0, 0.1) is 0 Å². The number of aromatic nitrogens is 2. The maximum absolute atomic E-state index is 4.40. The first-order valence-corrected chi connectivity index (χ1v) is 7.11. The summed E-state index contributed by atoms with van der Waals surface area (Å²) in [5.41, 5.74) is 0. The Hall–Kier alpha value is -0.840. The minimum atomic E-state index is 0.905. The van der Waals surface area contributed by atoms with Gasteiger partial charge in [-0.25, -0.2) is 9.97 Å². The van der Waals surface area contributed by atoms with Crippen molar-refractivity contribution >= 4 is 27.6 Å². The normalized spacial score (nSPS) is 16.0. The lowest BCUT2D eigenvalue weighted by atomic mass is 10.1. The summed E-state index contributed by atoms with van der Waals surface area (Å²) in [5.74, 6) is 1.93. The zero-order valence-electron chi connectivity index (χ0n) is 10.2. The number of piperidine rings is 1. The van der Waals surface area contributed by atoms with Crippen molar-refractivity contribution in [1.29, 1.82) is 0 Å². The van der Waals surface area contributed by atoms with Crippen LogP contribution in [0.2, 0.25) is 0 Å². The average Bonchev–Trinajstić information content (AvgIpc) is 2.39.